The minimum atomic E-state index is -4.29. The van der Waals surface area contributed by atoms with Gasteiger partial charge in [0.05, 0.1) is 22.4 Å². The van der Waals surface area contributed by atoms with Gasteiger partial charge < -0.3 is 0 Å². The molecule has 1 saturated carbocycles. The normalized spacial score (nSPS) is 32.9. The fraction of sp³-hybridized carbons (Fsp3) is 0.333. The van der Waals surface area contributed by atoms with Gasteiger partial charge in [-0.25, -0.2) is 0 Å². The number of amides is 2. The van der Waals surface area contributed by atoms with Crippen molar-refractivity contribution in [1.29, 1.82) is 0 Å². The number of imide groups is 1. The average Bonchev–Trinajstić information content (AvgIpc) is 3.12. The van der Waals surface area contributed by atoms with E-state index >= 15 is 0 Å². The van der Waals surface area contributed by atoms with Gasteiger partial charge in [0.1, 0.15) is 0 Å². The van der Waals surface area contributed by atoms with E-state index in [2.05, 4.69) is 0 Å². The van der Waals surface area contributed by atoms with E-state index in [0.29, 0.717) is 5.69 Å². The summed E-state index contributed by atoms with van der Waals surface area (Å²) in [5, 5.41) is 0. The van der Waals surface area contributed by atoms with Crippen molar-refractivity contribution in [1.82, 2.24) is 0 Å². The van der Waals surface area contributed by atoms with Crippen molar-refractivity contribution in [3.05, 3.63) is 36.4 Å². The van der Waals surface area contributed by atoms with E-state index in [9.17, 15) is 18.0 Å². The number of benzene rings is 1. The standard InChI is InChI=1S/C15H13NO5S/c17-14-12-8-1-2-9(7-8)13(12)15(18)16(14)10-3-5-11(6-4-10)22(19,20)21/h1-6,8-9,12-13H,7H2,(H,19,20,21)/t8-,9?,12-,13+/m1/s1. The summed E-state index contributed by atoms with van der Waals surface area (Å²) >= 11 is 0. The molecular formula is C15H13NO5S. The molecule has 1 aromatic rings. The Kier molecular flexibility index (Phi) is 2.65. The SMILES string of the molecule is O=C1[C@@H]2[C@@H]3C=CC(C3)[C@@H]2C(=O)N1c1ccc(S(=O)(=O)O)cc1. The number of allylic oxidation sites excluding steroid dienone is 2. The number of anilines is 1. The van der Waals surface area contributed by atoms with Crippen LogP contribution >= 0.6 is 0 Å². The highest BCUT2D eigenvalue weighted by atomic mass is 32.2. The fourth-order valence-corrected chi connectivity index (χ4v) is 4.40. The van der Waals surface area contributed by atoms with E-state index < -0.39 is 10.1 Å². The second kappa shape index (κ2) is 4.27. The molecule has 6 nitrogen and oxygen atoms in total. The molecule has 1 heterocycles. The number of hydrogen-bond acceptors (Lipinski definition) is 4. The van der Waals surface area contributed by atoms with Gasteiger partial charge in [-0.3, -0.25) is 19.0 Å². The smallest absolute Gasteiger partial charge is 0.282 e. The molecule has 2 aliphatic carbocycles. The minimum absolute atomic E-state index is 0.133. The summed E-state index contributed by atoms with van der Waals surface area (Å²) in [6.07, 6.45) is 4.90. The fourth-order valence-electron chi connectivity index (χ4n) is 3.92. The highest BCUT2D eigenvalue weighted by molar-refractivity contribution is 7.85. The Balaban J connectivity index is 1.70. The molecular weight excluding hydrogens is 306 g/mol. The predicted octanol–water partition coefficient (Wildman–Crippen LogP) is 1.24. The topological polar surface area (TPSA) is 91.8 Å². The van der Waals surface area contributed by atoms with Gasteiger partial charge >= 0.3 is 0 Å². The van der Waals surface area contributed by atoms with Crippen LogP contribution in [-0.2, 0) is 19.7 Å². The van der Waals surface area contributed by atoms with Gasteiger partial charge in [0.25, 0.3) is 10.1 Å². The van der Waals surface area contributed by atoms with E-state index in [1.54, 1.807) is 0 Å². The zero-order valence-corrected chi connectivity index (χ0v) is 12.2. The third kappa shape index (κ3) is 1.72. The minimum Gasteiger partial charge on any atom is -0.282 e. The lowest BCUT2D eigenvalue weighted by molar-refractivity contribution is -0.123. The number of fused-ring (bicyclic) bond motifs is 5. The van der Waals surface area contributed by atoms with E-state index in [1.165, 1.54) is 24.3 Å². The second-order valence-electron chi connectivity index (χ2n) is 5.98. The van der Waals surface area contributed by atoms with Crippen LogP contribution in [0.3, 0.4) is 0 Å². The second-order valence-corrected chi connectivity index (χ2v) is 7.40. The molecule has 0 spiro atoms. The summed E-state index contributed by atoms with van der Waals surface area (Å²) in [4.78, 5) is 26.0. The van der Waals surface area contributed by atoms with Gasteiger partial charge in [-0.15, -0.1) is 0 Å². The maximum atomic E-state index is 12.6. The molecule has 4 rings (SSSR count). The molecule has 0 aromatic heterocycles. The van der Waals surface area contributed by atoms with Crippen LogP contribution in [-0.4, -0.2) is 24.8 Å². The van der Waals surface area contributed by atoms with E-state index in [1.807, 2.05) is 12.2 Å². The van der Waals surface area contributed by atoms with Crippen LogP contribution in [0.1, 0.15) is 6.42 Å². The van der Waals surface area contributed by atoms with Gasteiger partial charge in [-0.2, -0.15) is 8.42 Å². The zero-order valence-electron chi connectivity index (χ0n) is 11.4. The lowest BCUT2D eigenvalue weighted by Crippen LogP contribution is -2.32. The van der Waals surface area contributed by atoms with Gasteiger partial charge in [0.15, 0.2) is 0 Å². The van der Waals surface area contributed by atoms with Crippen LogP contribution in [0, 0.1) is 23.7 Å². The number of carbonyl (C=O) groups excluding carboxylic acids is 2. The molecule has 1 unspecified atom stereocenters. The maximum Gasteiger partial charge on any atom is 0.294 e. The Morgan fingerprint density at radius 2 is 1.45 bits per heavy atom. The van der Waals surface area contributed by atoms with Crippen molar-refractivity contribution in [2.24, 2.45) is 23.7 Å². The van der Waals surface area contributed by atoms with Crippen LogP contribution in [0.25, 0.3) is 0 Å². The first-order chi connectivity index (χ1) is 10.4. The summed E-state index contributed by atoms with van der Waals surface area (Å²) < 4.78 is 31.1. The number of nitrogens with zero attached hydrogens (tertiary/aromatic N) is 1. The Hall–Kier alpha value is -1.99. The summed E-state index contributed by atoms with van der Waals surface area (Å²) in [6.45, 7) is 0. The Morgan fingerprint density at radius 3 is 1.91 bits per heavy atom. The first-order valence-corrected chi connectivity index (χ1v) is 8.45. The Labute approximate surface area is 127 Å². The van der Waals surface area contributed by atoms with Crippen molar-refractivity contribution in [2.75, 3.05) is 4.90 Å². The van der Waals surface area contributed by atoms with Gasteiger partial charge in [-0.1, -0.05) is 12.2 Å². The number of carbonyl (C=O) groups is 2. The molecule has 2 amide bonds. The molecule has 2 bridgehead atoms. The lowest BCUT2D eigenvalue weighted by Gasteiger charge is -2.17. The summed E-state index contributed by atoms with van der Waals surface area (Å²) in [5.41, 5.74) is 0.344. The molecule has 7 heteroatoms. The van der Waals surface area contributed by atoms with E-state index in [-0.39, 0.29) is 40.4 Å². The number of rotatable bonds is 2. The highest BCUT2D eigenvalue weighted by Crippen LogP contribution is 2.53. The summed E-state index contributed by atoms with van der Waals surface area (Å²) in [6, 6.07) is 5.11. The van der Waals surface area contributed by atoms with Crippen LogP contribution in [0.5, 0.6) is 0 Å². The van der Waals surface area contributed by atoms with Crippen molar-refractivity contribution in [2.45, 2.75) is 11.3 Å². The van der Waals surface area contributed by atoms with Crippen LogP contribution in [0.15, 0.2) is 41.3 Å². The molecule has 114 valence electrons. The Morgan fingerprint density at radius 1 is 0.955 bits per heavy atom. The molecule has 4 atom stereocenters. The predicted molar refractivity (Wildman–Crippen MR) is 76.5 cm³/mol. The summed E-state index contributed by atoms with van der Waals surface area (Å²) in [5.74, 6) is -0.743. The lowest BCUT2D eigenvalue weighted by atomic mass is 9.85. The van der Waals surface area contributed by atoms with Gasteiger partial charge in [-0.05, 0) is 42.5 Å². The molecule has 3 aliphatic rings. The number of hydrogen-bond donors (Lipinski definition) is 1. The Bertz CT molecular complexity index is 781. The zero-order chi connectivity index (χ0) is 15.6. The largest absolute Gasteiger partial charge is 0.294 e. The first kappa shape index (κ1) is 13.7. The highest BCUT2D eigenvalue weighted by Gasteiger charge is 2.59. The van der Waals surface area contributed by atoms with Crippen molar-refractivity contribution in [3.8, 4) is 0 Å². The maximum absolute atomic E-state index is 12.6. The van der Waals surface area contributed by atoms with Crippen LogP contribution in [0.4, 0.5) is 5.69 Å². The molecule has 22 heavy (non-hydrogen) atoms. The monoisotopic (exact) mass is 319 g/mol. The molecule has 1 saturated heterocycles. The summed E-state index contributed by atoms with van der Waals surface area (Å²) in [7, 11) is -4.29. The first-order valence-electron chi connectivity index (χ1n) is 7.01. The van der Waals surface area contributed by atoms with Crippen molar-refractivity contribution < 1.29 is 22.6 Å². The molecule has 1 N–H and O–H groups in total. The molecule has 2 fully saturated rings. The third-order valence-electron chi connectivity index (χ3n) is 4.86. The molecule has 1 aromatic carbocycles. The average molecular weight is 319 g/mol. The van der Waals surface area contributed by atoms with Crippen molar-refractivity contribution >= 4 is 27.6 Å². The third-order valence-corrected chi connectivity index (χ3v) is 5.73. The molecule has 1 aliphatic heterocycles. The van der Waals surface area contributed by atoms with Gasteiger partial charge in [0.2, 0.25) is 11.8 Å². The quantitative estimate of drug-likeness (QED) is 0.503. The van der Waals surface area contributed by atoms with E-state index in [4.69, 9.17) is 4.55 Å². The van der Waals surface area contributed by atoms with E-state index in [0.717, 1.165) is 11.3 Å². The molecule has 0 radical (unpaired) electrons. The van der Waals surface area contributed by atoms with Crippen LogP contribution in [0.2, 0.25) is 0 Å². The van der Waals surface area contributed by atoms with Crippen molar-refractivity contribution in [3.63, 3.8) is 0 Å². The van der Waals surface area contributed by atoms with Gasteiger partial charge in [0, 0.05) is 0 Å². The van der Waals surface area contributed by atoms with Crippen LogP contribution < -0.4 is 4.90 Å².